The second-order valence-electron chi connectivity index (χ2n) is 9.01. The van der Waals surface area contributed by atoms with E-state index in [4.69, 9.17) is 65.9 Å². The molecule has 0 spiro atoms. The number of nitrogens with one attached hydrogen (secondary N) is 1. The number of esters is 2. The van der Waals surface area contributed by atoms with E-state index in [0.29, 0.717) is 11.8 Å². The second kappa shape index (κ2) is 21.5. The van der Waals surface area contributed by atoms with Gasteiger partial charge >= 0.3 is 11.9 Å². The molecule has 0 aromatic heterocycles. The van der Waals surface area contributed by atoms with Gasteiger partial charge in [0.2, 0.25) is 12.1 Å². The summed E-state index contributed by atoms with van der Waals surface area (Å²) in [4.78, 5) is 66.9. The summed E-state index contributed by atoms with van der Waals surface area (Å²) in [7, 11) is 0. The Labute approximate surface area is 274 Å². The van der Waals surface area contributed by atoms with Crippen LogP contribution in [0.15, 0.2) is 0 Å². The van der Waals surface area contributed by atoms with Gasteiger partial charge in [-0.05, 0) is 5.92 Å². The quantitative estimate of drug-likeness (QED) is 0.0551. The van der Waals surface area contributed by atoms with E-state index >= 15 is 0 Å². The fourth-order valence-electron chi connectivity index (χ4n) is 3.72. The van der Waals surface area contributed by atoms with E-state index in [-0.39, 0.29) is 26.2 Å². The highest BCUT2D eigenvalue weighted by molar-refractivity contribution is 8.14. The number of nitrogens with zero attached hydrogens (tertiary/aromatic N) is 3. The SMILES string of the molecule is C#CCN(CC#C)NC(OC(=O)C(N)(C(CC(N)=O)C(=O)CSC(C)=O)N(CC#C)CC#C)C(=O)OC(C#C)N(CC#C)CC#C. The number of carbonyl (C=O) groups excluding carboxylic acids is 5. The molecule has 0 radical (unpaired) electrons. The van der Waals surface area contributed by atoms with Gasteiger partial charge in [-0.1, -0.05) is 47.3 Å². The van der Waals surface area contributed by atoms with Gasteiger partial charge in [0.25, 0.3) is 6.23 Å². The van der Waals surface area contributed by atoms with Gasteiger partial charge in [-0.15, -0.1) is 45.0 Å². The number of hydrazine groups is 1. The van der Waals surface area contributed by atoms with Gasteiger partial charge in [0.05, 0.1) is 50.9 Å². The van der Waals surface area contributed by atoms with Crippen LogP contribution < -0.4 is 16.9 Å². The monoisotopic (exact) mass is 646 g/mol. The van der Waals surface area contributed by atoms with Crippen molar-refractivity contribution in [2.45, 2.75) is 31.5 Å². The molecule has 0 saturated carbocycles. The molecule has 0 aliphatic heterocycles. The maximum Gasteiger partial charge on any atom is 0.366 e. The van der Waals surface area contributed by atoms with E-state index in [1.165, 1.54) is 11.8 Å². The number of thioether (sulfide) groups is 1. The third-order valence-corrected chi connectivity index (χ3v) is 6.59. The topological polar surface area (TPSA) is 178 Å². The van der Waals surface area contributed by atoms with E-state index in [0.717, 1.165) is 9.91 Å². The molecule has 0 aromatic carbocycles. The Bertz CT molecular complexity index is 1380. The number of primary amides is 1. The lowest BCUT2D eigenvalue weighted by Crippen LogP contribution is -2.70. The van der Waals surface area contributed by atoms with Gasteiger partial charge in [0.15, 0.2) is 16.6 Å². The molecule has 14 heteroatoms. The minimum atomic E-state index is -2.63. The van der Waals surface area contributed by atoms with E-state index in [9.17, 15) is 24.0 Å². The van der Waals surface area contributed by atoms with E-state index in [1.54, 1.807) is 0 Å². The number of ether oxygens (including phenoxy) is 2. The van der Waals surface area contributed by atoms with Crippen molar-refractivity contribution in [3.8, 4) is 86.4 Å². The minimum Gasteiger partial charge on any atom is -0.431 e. The largest absolute Gasteiger partial charge is 0.431 e. The summed E-state index contributed by atoms with van der Waals surface area (Å²) in [6.07, 6.45) is 33.7. The Morgan fingerprint density at radius 2 is 1.33 bits per heavy atom. The number of carbonyl (C=O) groups is 5. The lowest BCUT2D eigenvalue weighted by molar-refractivity contribution is -0.189. The number of amides is 1. The molecule has 0 saturated heterocycles. The molecule has 4 atom stereocenters. The van der Waals surface area contributed by atoms with Crippen LogP contribution >= 0.6 is 11.8 Å². The second-order valence-corrected chi connectivity index (χ2v) is 10.2. The lowest BCUT2D eigenvalue weighted by atomic mass is 9.84. The number of nitrogens with two attached hydrogens (primary N) is 2. The third-order valence-electron chi connectivity index (χ3n) is 5.75. The molecule has 0 fully saturated rings. The van der Waals surface area contributed by atoms with Crippen LogP contribution in [0.5, 0.6) is 0 Å². The number of terminal acetylenes is 7. The van der Waals surface area contributed by atoms with Crippen molar-refractivity contribution in [1.82, 2.24) is 20.2 Å². The van der Waals surface area contributed by atoms with Crippen molar-refractivity contribution in [1.29, 1.82) is 0 Å². The van der Waals surface area contributed by atoms with Crippen LogP contribution in [0.2, 0.25) is 0 Å². The summed E-state index contributed by atoms with van der Waals surface area (Å²) in [5.74, 6) is 9.02. The smallest absolute Gasteiger partial charge is 0.366 e. The third kappa shape index (κ3) is 12.8. The maximum atomic E-state index is 14.1. The first kappa shape index (κ1) is 40.8. The van der Waals surface area contributed by atoms with Crippen molar-refractivity contribution < 1.29 is 33.4 Å². The average molecular weight is 647 g/mol. The van der Waals surface area contributed by atoms with Gasteiger partial charge < -0.3 is 20.9 Å². The summed E-state index contributed by atoms with van der Waals surface area (Å²) in [5.41, 5.74) is 11.9. The summed E-state index contributed by atoms with van der Waals surface area (Å²) >= 11 is 0.590. The molecule has 0 heterocycles. The van der Waals surface area contributed by atoms with Crippen LogP contribution in [0.25, 0.3) is 0 Å². The molecule has 0 aliphatic rings. The van der Waals surface area contributed by atoms with Crippen LogP contribution in [-0.4, -0.2) is 107 Å². The molecule has 0 bridgehead atoms. The Hall–Kier alpha value is -5.18. The Morgan fingerprint density at radius 3 is 1.74 bits per heavy atom. The van der Waals surface area contributed by atoms with Gasteiger partial charge in [-0.2, -0.15) is 0 Å². The van der Waals surface area contributed by atoms with Crippen molar-refractivity contribution in [2.75, 3.05) is 45.0 Å². The highest BCUT2D eigenvalue weighted by Gasteiger charge is 2.53. The molecule has 0 rings (SSSR count). The number of hydrogen-bond acceptors (Lipinski definition) is 13. The number of hydrogen-bond donors (Lipinski definition) is 3. The fraction of sp³-hybridized carbons (Fsp3) is 0.406. The summed E-state index contributed by atoms with van der Waals surface area (Å²) in [6.45, 7) is -0.336. The first-order valence-corrected chi connectivity index (χ1v) is 14.0. The maximum absolute atomic E-state index is 14.1. The lowest BCUT2D eigenvalue weighted by Gasteiger charge is -2.42. The molecular formula is C32H34N6O7S. The Morgan fingerprint density at radius 1 is 0.826 bits per heavy atom. The van der Waals surface area contributed by atoms with Crippen molar-refractivity contribution in [3.05, 3.63) is 0 Å². The van der Waals surface area contributed by atoms with Crippen LogP contribution in [0.3, 0.4) is 0 Å². The molecule has 13 nitrogen and oxygen atoms in total. The molecule has 46 heavy (non-hydrogen) atoms. The first-order chi connectivity index (χ1) is 21.8. The predicted molar refractivity (Wildman–Crippen MR) is 172 cm³/mol. The Balaban J connectivity index is 7.11. The fourth-order valence-corrected chi connectivity index (χ4v) is 4.27. The molecule has 1 amide bonds. The van der Waals surface area contributed by atoms with E-state index in [1.807, 2.05) is 0 Å². The van der Waals surface area contributed by atoms with Crippen LogP contribution in [0.1, 0.15) is 13.3 Å². The normalized spacial score (nSPS) is 13.4. The van der Waals surface area contributed by atoms with Gasteiger partial charge in [-0.25, -0.2) is 24.9 Å². The van der Waals surface area contributed by atoms with Crippen LogP contribution in [-0.2, 0) is 33.4 Å². The van der Waals surface area contributed by atoms with E-state index in [2.05, 4.69) is 46.9 Å². The molecule has 240 valence electrons. The molecule has 5 N–H and O–H groups in total. The Kier molecular flexibility index (Phi) is 19.1. The average Bonchev–Trinajstić information content (AvgIpc) is 3.00. The predicted octanol–water partition coefficient (Wildman–Crippen LogP) is -2.44. The zero-order valence-corrected chi connectivity index (χ0v) is 26.0. The van der Waals surface area contributed by atoms with Gasteiger partial charge in [0.1, 0.15) is 0 Å². The highest BCUT2D eigenvalue weighted by Crippen LogP contribution is 2.28. The van der Waals surface area contributed by atoms with Crippen molar-refractivity contribution in [2.24, 2.45) is 17.4 Å². The number of rotatable bonds is 20. The van der Waals surface area contributed by atoms with Crippen LogP contribution in [0.4, 0.5) is 0 Å². The summed E-state index contributed by atoms with van der Waals surface area (Å²) in [5, 5.41) is 0.695. The summed E-state index contributed by atoms with van der Waals surface area (Å²) in [6, 6.07) is 0. The van der Waals surface area contributed by atoms with E-state index < -0.39 is 78.0 Å². The van der Waals surface area contributed by atoms with Gasteiger partial charge in [-0.3, -0.25) is 19.3 Å². The number of Topliss-reactive ketones (excluding diaryl/α,β-unsaturated/α-hetero) is 1. The molecule has 0 aliphatic carbocycles. The molecule has 4 unspecified atom stereocenters. The standard InChI is InChI=1S/C32H34N6O7S/c1-9-16-36(17-10-2)28(15-7)44-30(42)29(35-38(20-13-5)21-14-6)45-31(43)32(34,37(18-11-3)19-12-4)25(22-27(33)41)26(40)23-46-24(8)39/h1-7,25,28-29,35H,16-23,34H2,8H3,(H2,33,41). The first-order valence-electron chi connectivity index (χ1n) is 13.0. The molecular weight excluding hydrogens is 612 g/mol. The molecule has 0 aromatic rings. The zero-order valence-electron chi connectivity index (χ0n) is 25.2. The summed E-state index contributed by atoms with van der Waals surface area (Å²) < 4.78 is 10.9. The zero-order chi connectivity index (χ0) is 35.3. The van der Waals surface area contributed by atoms with Crippen molar-refractivity contribution in [3.63, 3.8) is 0 Å². The van der Waals surface area contributed by atoms with Gasteiger partial charge in [0, 0.05) is 13.3 Å². The minimum absolute atomic E-state index is 0.126. The number of ketones is 1. The highest BCUT2D eigenvalue weighted by atomic mass is 32.2. The van der Waals surface area contributed by atoms with Crippen LogP contribution in [0, 0.1) is 92.3 Å². The van der Waals surface area contributed by atoms with Crippen molar-refractivity contribution >= 4 is 40.5 Å².